The normalized spacial score (nSPS) is 13.1. The van der Waals surface area contributed by atoms with E-state index in [0.717, 1.165) is 27.0 Å². The van der Waals surface area contributed by atoms with Crippen LogP contribution in [0, 0.1) is 5.82 Å². The first-order valence-corrected chi connectivity index (χ1v) is 13.4. The molecule has 10 nitrogen and oxygen atoms in total. The molecule has 1 N–H and O–H groups in total. The standard InChI is InChI=1S/C29H25FN6O4S/c1-34(2)20-13-11-19(12-14-20)31-27(38)26(24-17-41-33-32-24)35(15-18-7-3-6-10-23(18)30)25(37)16-36-28(39)21-8-4-5-9-22(21)29(36)40/h3-14,17,26H,15-16H2,1-2H3,(H,31,38)/t26-/m1/s1. The van der Waals surface area contributed by atoms with E-state index in [1.807, 2.05) is 31.1 Å². The van der Waals surface area contributed by atoms with E-state index in [2.05, 4.69) is 14.9 Å². The number of carbonyl (C=O) groups is 4. The molecule has 4 amide bonds. The van der Waals surface area contributed by atoms with Gasteiger partial charge in [-0.15, -0.1) is 5.10 Å². The summed E-state index contributed by atoms with van der Waals surface area (Å²) in [7, 11) is 3.78. The molecule has 4 aromatic rings. The Morgan fingerprint density at radius 2 is 1.59 bits per heavy atom. The predicted molar refractivity (Wildman–Crippen MR) is 151 cm³/mol. The fourth-order valence-electron chi connectivity index (χ4n) is 4.52. The number of amides is 4. The van der Waals surface area contributed by atoms with E-state index in [4.69, 9.17) is 0 Å². The Morgan fingerprint density at radius 3 is 2.17 bits per heavy atom. The zero-order valence-electron chi connectivity index (χ0n) is 22.2. The average Bonchev–Trinajstić information content (AvgIpc) is 3.57. The van der Waals surface area contributed by atoms with Crippen molar-refractivity contribution in [2.24, 2.45) is 0 Å². The van der Waals surface area contributed by atoms with Crippen molar-refractivity contribution in [3.8, 4) is 0 Å². The number of halogens is 1. The van der Waals surface area contributed by atoms with E-state index in [-0.39, 0.29) is 28.9 Å². The van der Waals surface area contributed by atoms with Gasteiger partial charge in [0.05, 0.1) is 11.1 Å². The second kappa shape index (κ2) is 11.6. The smallest absolute Gasteiger partial charge is 0.262 e. The first-order chi connectivity index (χ1) is 19.7. The van der Waals surface area contributed by atoms with Crippen LogP contribution in [0.15, 0.2) is 78.2 Å². The monoisotopic (exact) mass is 572 g/mol. The number of nitrogens with one attached hydrogen (secondary N) is 1. The molecular weight excluding hydrogens is 547 g/mol. The molecule has 1 aliphatic rings. The molecule has 0 unspecified atom stereocenters. The van der Waals surface area contributed by atoms with E-state index < -0.39 is 42.0 Å². The fraction of sp³-hybridized carbons (Fsp3) is 0.172. The van der Waals surface area contributed by atoms with Gasteiger partial charge in [-0.1, -0.05) is 34.8 Å². The van der Waals surface area contributed by atoms with Crippen molar-refractivity contribution in [1.29, 1.82) is 0 Å². The lowest BCUT2D eigenvalue weighted by atomic mass is 10.1. The van der Waals surface area contributed by atoms with Crippen molar-refractivity contribution in [2.75, 3.05) is 30.9 Å². The van der Waals surface area contributed by atoms with Gasteiger partial charge in [-0.25, -0.2) is 4.39 Å². The average molecular weight is 573 g/mol. The van der Waals surface area contributed by atoms with Crippen LogP contribution in [-0.2, 0) is 16.1 Å². The van der Waals surface area contributed by atoms with E-state index in [1.54, 1.807) is 30.3 Å². The predicted octanol–water partition coefficient (Wildman–Crippen LogP) is 3.75. The number of nitrogens with zero attached hydrogens (tertiary/aromatic N) is 5. The third-order valence-corrected chi connectivity index (χ3v) is 7.18. The highest BCUT2D eigenvalue weighted by Crippen LogP contribution is 2.28. The van der Waals surface area contributed by atoms with Crippen LogP contribution in [0.1, 0.15) is 38.0 Å². The molecule has 0 spiro atoms. The van der Waals surface area contributed by atoms with Crippen molar-refractivity contribution in [1.82, 2.24) is 19.4 Å². The van der Waals surface area contributed by atoms with Crippen molar-refractivity contribution >= 4 is 46.5 Å². The summed E-state index contributed by atoms with van der Waals surface area (Å²) in [5, 5.41) is 8.36. The second-order valence-electron chi connectivity index (χ2n) is 9.52. The molecule has 1 aromatic heterocycles. The molecule has 0 fully saturated rings. The number of carbonyl (C=O) groups excluding carboxylic acids is 4. The molecule has 1 aliphatic heterocycles. The van der Waals surface area contributed by atoms with E-state index >= 15 is 0 Å². The summed E-state index contributed by atoms with van der Waals surface area (Å²) < 4.78 is 18.7. The maximum absolute atomic E-state index is 14.8. The summed E-state index contributed by atoms with van der Waals surface area (Å²) in [6.07, 6.45) is 0. The molecule has 208 valence electrons. The number of hydrogen-bond donors (Lipinski definition) is 1. The maximum atomic E-state index is 14.8. The van der Waals surface area contributed by atoms with Gasteiger partial charge in [0.15, 0.2) is 6.04 Å². The Morgan fingerprint density at radius 1 is 0.951 bits per heavy atom. The van der Waals surface area contributed by atoms with Crippen molar-refractivity contribution in [2.45, 2.75) is 12.6 Å². The molecular formula is C29H25FN6O4S. The van der Waals surface area contributed by atoms with Crippen molar-refractivity contribution in [3.63, 3.8) is 0 Å². The third-order valence-electron chi connectivity index (χ3n) is 6.66. The Balaban J connectivity index is 1.49. The molecule has 0 saturated carbocycles. The molecule has 3 aromatic carbocycles. The molecule has 0 radical (unpaired) electrons. The highest BCUT2D eigenvalue weighted by molar-refractivity contribution is 7.03. The highest BCUT2D eigenvalue weighted by atomic mass is 32.1. The lowest BCUT2D eigenvalue weighted by Crippen LogP contribution is -2.47. The number of fused-ring (bicyclic) bond motifs is 1. The summed E-state index contributed by atoms with van der Waals surface area (Å²) >= 11 is 0.983. The zero-order chi connectivity index (χ0) is 29.1. The van der Waals surface area contributed by atoms with E-state index in [9.17, 15) is 23.6 Å². The van der Waals surface area contributed by atoms with Gasteiger partial charge in [0, 0.05) is 43.0 Å². The quantitative estimate of drug-likeness (QED) is 0.304. The molecule has 12 heteroatoms. The minimum absolute atomic E-state index is 0.138. The van der Waals surface area contributed by atoms with Crippen LogP contribution in [0.25, 0.3) is 0 Å². The lowest BCUT2D eigenvalue weighted by molar-refractivity contribution is -0.140. The molecule has 2 heterocycles. The van der Waals surface area contributed by atoms with Crippen LogP contribution < -0.4 is 10.2 Å². The topological polar surface area (TPSA) is 116 Å². The Labute approximate surface area is 239 Å². The van der Waals surface area contributed by atoms with E-state index in [1.165, 1.54) is 35.7 Å². The summed E-state index contributed by atoms with van der Waals surface area (Å²) in [5.41, 5.74) is 2.05. The number of benzene rings is 3. The second-order valence-corrected chi connectivity index (χ2v) is 10.1. The van der Waals surface area contributed by atoms with Gasteiger partial charge in [-0.2, -0.15) is 0 Å². The van der Waals surface area contributed by atoms with Gasteiger partial charge in [0.1, 0.15) is 18.1 Å². The van der Waals surface area contributed by atoms with Crippen molar-refractivity contribution in [3.05, 3.63) is 106 Å². The van der Waals surface area contributed by atoms with Gasteiger partial charge in [0.25, 0.3) is 17.7 Å². The highest BCUT2D eigenvalue weighted by Gasteiger charge is 2.40. The molecule has 0 saturated heterocycles. The summed E-state index contributed by atoms with van der Waals surface area (Å²) in [6, 6.07) is 17.8. The number of hydrogen-bond acceptors (Lipinski definition) is 8. The molecule has 5 rings (SSSR count). The largest absolute Gasteiger partial charge is 0.378 e. The number of rotatable bonds is 9. The van der Waals surface area contributed by atoms with Gasteiger partial charge in [-0.3, -0.25) is 24.1 Å². The Kier molecular flexibility index (Phi) is 7.83. The number of imide groups is 1. The van der Waals surface area contributed by atoms with Crippen LogP contribution in [0.5, 0.6) is 0 Å². The minimum Gasteiger partial charge on any atom is -0.378 e. The SMILES string of the molecule is CN(C)c1ccc(NC(=O)[C@@H](c2csnn2)N(Cc2ccccc2F)C(=O)CN2C(=O)c3ccccc3C2=O)cc1. The van der Waals surface area contributed by atoms with Gasteiger partial charge >= 0.3 is 0 Å². The van der Waals surface area contributed by atoms with Gasteiger partial charge in [0.2, 0.25) is 5.91 Å². The summed E-state index contributed by atoms with van der Waals surface area (Å²) in [4.78, 5) is 57.5. The third kappa shape index (κ3) is 5.68. The maximum Gasteiger partial charge on any atom is 0.262 e. The summed E-state index contributed by atoms with van der Waals surface area (Å²) in [5.74, 6) is -3.20. The van der Waals surface area contributed by atoms with Crippen LogP contribution >= 0.6 is 11.5 Å². The molecule has 1 atom stereocenters. The number of aromatic nitrogens is 2. The van der Waals surface area contributed by atoms with Crippen LogP contribution in [0.4, 0.5) is 15.8 Å². The lowest BCUT2D eigenvalue weighted by Gasteiger charge is -2.31. The van der Waals surface area contributed by atoms with Gasteiger partial charge < -0.3 is 15.1 Å². The summed E-state index contributed by atoms with van der Waals surface area (Å²) in [6.45, 7) is -0.983. The molecule has 0 aliphatic carbocycles. The zero-order valence-corrected chi connectivity index (χ0v) is 23.0. The van der Waals surface area contributed by atoms with Crippen LogP contribution in [0.2, 0.25) is 0 Å². The Bertz CT molecular complexity index is 1570. The fourth-order valence-corrected chi connectivity index (χ4v) is 5.00. The van der Waals surface area contributed by atoms with E-state index in [0.29, 0.717) is 5.69 Å². The van der Waals surface area contributed by atoms with Gasteiger partial charge in [-0.05, 0) is 54.0 Å². The molecule has 0 bridgehead atoms. The van der Waals surface area contributed by atoms with Crippen molar-refractivity contribution < 1.29 is 23.6 Å². The number of anilines is 2. The first-order valence-electron chi connectivity index (χ1n) is 12.6. The van der Waals surface area contributed by atoms with Crippen LogP contribution in [0.3, 0.4) is 0 Å². The molecule has 41 heavy (non-hydrogen) atoms. The Hall–Kier alpha value is -4.97. The van der Waals surface area contributed by atoms with Crippen LogP contribution in [-0.4, -0.2) is 63.7 Å². The minimum atomic E-state index is -1.34. The first kappa shape index (κ1) is 27.6.